The number of hydrogen-bond acceptors (Lipinski definition) is 3. The summed E-state index contributed by atoms with van der Waals surface area (Å²) in [5.41, 5.74) is 1.29. The zero-order valence-electron chi connectivity index (χ0n) is 10.4. The maximum atomic E-state index is 11.0. The Labute approximate surface area is 114 Å². The second-order valence-electron chi connectivity index (χ2n) is 4.07. The summed E-state index contributed by atoms with van der Waals surface area (Å²) in [5, 5.41) is 18.0. The van der Waals surface area contributed by atoms with Gasteiger partial charge in [-0.3, -0.25) is 4.98 Å². The lowest BCUT2D eigenvalue weighted by atomic mass is 10.0. The van der Waals surface area contributed by atoms with Crippen molar-refractivity contribution in [2.45, 2.75) is 0 Å². The van der Waals surface area contributed by atoms with Crippen molar-refractivity contribution in [3.63, 3.8) is 0 Å². The average Bonchev–Trinajstić information content (AvgIpc) is 2.45. The molecule has 0 saturated heterocycles. The van der Waals surface area contributed by atoms with E-state index in [1.807, 2.05) is 0 Å². The smallest absolute Gasteiger partial charge is 0.335 e. The molecular formula is C15H11NO4. The molecule has 0 aliphatic rings. The van der Waals surface area contributed by atoms with Gasteiger partial charge in [0.15, 0.2) is 0 Å². The topological polar surface area (TPSA) is 87.5 Å². The number of carbonyl (C=O) groups is 2. The molecule has 2 rings (SSSR count). The molecule has 0 spiro atoms. The summed E-state index contributed by atoms with van der Waals surface area (Å²) in [6, 6.07) is 7.55. The van der Waals surface area contributed by atoms with E-state index in [4.69, 9.17) is 10.2 Å². The van der Waals surface area contributed by atoms with Crippen LogP contribution in [-0.2, 0) is 0 Å². The number of rotatable bonds is 4. The van der Waals surface area contributed by atoms with Crippen LogP contribution < -0.4 is 0 Å². The first-order chi connectivity index (χ1) is 9.56. The Hall–Kier alpha value is -2.95. The average molecular weight is 269 g/mol. The van der Waals surface area contributed by atoms with E-state index in [1.165, 1.54) is 12.1 Å². The van der Waals surface area contributed by atoms with Crippen molar-refractivity contribution in [2.75, 3.05) is 0 Å². The summed E-state index contributed by atoms with van der Waals surface area (Å²) < 4.78 is 0. The Kier molecular flexibility index (Phi) is 3.91. The van der Waals surface area contributed by atoms with Gasteiger partial charge in [0.05, 0.1) is 11.1 Å². The highest BCUT2D eigenvalue weighted by Gasteiger charge is 2.10. The van der Waals surface area contributed by atoms with Crippen molar-refractivity contribution in [1.29, 1.82) is 0 Å². The predicted octanol–water partition coefficient (Wildman–Crippen LogP) is 2.65. The second kappa shape index (κ2) is 5.79. The number of nitrogens with zero attached hydrogens (tertiary/aromatic N) is 1. The lowest BCUT2D eigenvalue weighted by molar-refractivity contribution is 0.0696. The molecule has 0 aliphatic heterocycles. The molecule has 2 aromatic rings. The second-order valence-corrected chi connectivity index (χ2v) is 4.07. The number of aromatic carboxylic acids is 2. The van der Waals surface area contributed by atoms with Crippen LogP contribution in [0.5, 0.6) is 0 Å². The van der Waals surface area contributed by atoms with E-state index >= 15 is 0 Å². The first-order valence-electron chi connectivity index (χ1n) is 5.76. The van der Waals surface area contributed by atoms with Gasteiger partial charge in [0.2, 0.25) is 0 Å². The Morgan fingerprint density at radius 3 is 1.85 bits per heavy atom. The Balaban J connectivity index is 2.38. The molecule has 0 atom stereocenters. The van der Waals surface area contributed by atoms with E-state index < -0.39 is 11.9 Å². The lowest BCUT2D eigenvalue weighted by Crippen LogP contribution is -2.02. The summed E-state index contributed by atoms with van der Waals surface area (Å²) >= 11 is 0. The van der Waals surface area contributed by atoms with Crippen LogP contribution in [0.15, 0.2) is 42.7 Å². The monoisotopic (exact) mass is 269 g/mol. The minimum atomic E-state index is -1.16. The molecule has 0 saturated carbocycles. The van der Waals surface area contributed by atoms with Crippen LogP contribution in [0.1, 0.15) is 31.8 Å². The van der Waals surface area contributed by atoms with Crippen LogP contribution in [0.25, 0.3) is 12.2 Å². The van der Waals surface area contributed by atoms with Crippen LogP contribution >= 0.6 is 0 Å². The van der Waals surface area contributed by atoms with Gasteiger partial charge in [0.25, 0.3) is 0 Å². The van der Waals surface area contributed by atoms with Crippen molar-refractivity contribution in [3.8, 4) is 0 Å². The summed E-state index contributed by atoms with van der Waals surface area (Å²) in [6.45, 7) is 0. The van der Waals surface area contributed by atoms with Crippen molar-refractivity contribution in [2.24, 2.45) is 0 Å². The molecule has 100 valence electrons. The molecule has 0 unspecified atom stereocenters. The number of carboxylic acid groups (broad SMARTS) is 2. The van der Waals surface area contributed by atoms with Gasteiger partial charge in [-0.25, -0.2) is 9.59 Å². The molecule has 0 bridgehead atoms. The third-order valence-corrected chi connectivity index (χ3v) is 2.62. The van der Waals surface area contributed by atoms with E-state index in [0.717, 1.165) is 11.6 Å². The molecule has 0 radical (unpaired) electrons. The third-order valence-electron chi connectivity index (χ3n) is 2.62. The molecule has 2 N–H and O–H groups in total. The van der Waals surface area contributed by atoms with E-state index in [1.54, 1.807) is 36.7 Å². The predicted molar refractivity (Wildman–Crippen MR) is 73.5 cm³/mol. The fourth-order valence-electron chi connectivity index (χ4n) is 1.66. The minimum absolute atomic E-state index is 0.0562. The molecule has 0 amide bonds. The summed E-state index contributed by atoms with van der Waals surface area (Å²) in [4.78, 5) is 25.8. The van der Waals surface area contributed by atoms with E-state index in [0.29, 0.717) is 5.56 Å². The Bertz CT molecular complexity index is 645. The quantitative estimate of drug-likeness (QED) is 0.890. The largest absolute Gasteiger partial charge is 0.478 e. The number of benzene rings is 1. The van der Waals surface area contributed by atoms with Crippen molar-refractivity contribution < 1.29 is 19.8 Å². The fourth-order valence-corrected chi connectivity index (χ4v) is 1.66. The zero-order valence-corrected chi connectivity index (χ0v) is 10.4. The maximum Gasteiger partial charge on any atom is 0.335 e. The van der Waals surface area contributed by atoms with Gasteiger partial charge in [0.1, 0.15) is 0 Å². The highest BCUT2D eigenvalue weighted by atomic mass is 16.4. The highest BCUT2D eigenvalue weighted by molar-refractivity contribution is 5.95. The van der Waals surface area contributed by atoms with Gasteiger partial charge in [-0.1, -0.05) is 12.2 Å². The SMILES string of the molecule is O=C(O)c1cc(/C=C/c2ccncc2)cc(C(=O)O)c1. The lowest BCUT2D eigenvalue weighted by Gasteiger charge is -2.01. The van der Waals surface area contributed by atoms with Crippen LogP contribution in [0.3, 0.4) is 0 Å². The molecule has 5 nitrogen and oxygen atoms in total. The molecule has 5 heteroatoms. The third kappa shape index (κ3) is 3.29. The Morgan fingerprint density at radius 2 is 1.35 bits per heavy atom. The zero-order chi connectivity index (χ0) is 14.5. The Morgan fingerprint density at radius 1 is 0.850 bits per heavy atom. The molecule has 0 fully saturated rings. The van der Waals surface area contributed by atoms with Crippen molar-refractivity contribution >= 4 is 24.1 Å². The standard InChI is InChI=1S/C15H11NO4/c17-14(18)12-7-11(8-13(9-12)15(19)20)2-1-10-3-5-16-6-4-10/h1-9H,(H,17,18)(H,19,20)/b2-1+. The van der Waals surface area contributed by atoms with E-state index in [9.17, 15) is 9.59 Å². The minimum Gasteiger partial charge on any atom is -0.478 e. The van der Waals surface area contributed by atoms with Crippen molar-refractivity contribution in [3.05, 3.63) is 65.0 Å². The fraction of sp³-hybridized carbons (Fsp3) is 0. The molecule has 1 heterocycles. The summed E-state index contributed by atoms with van der Waals surface area (Å²) in [6.07, 6.45) is 6.69. The number of hydrogen-bond donors (Lipinski definition) is 2. The van der Waals surface area contributed by atoms with Crippen LogP contribution in [0.4, 0.5) is 0 Å². The maximum absolute atomic E-state index is 11.0. The van der Waals surface area contributed by atoms with E-state index in [-0.39, 0.29) is 11.1 Å². The van der Waals surface area contributed by atoms with Crippen molar-refractivity contribution in [1.82, 2.24) is 4.98 Å². The number of pyridine rings is 1. The van der Waals surface area contributed by atoms with Gasteiger partial charge in [-0.15, -0.1) is 0 Å². The first-order valence-corrected chi connectivity index (χ1v) is 5.76. The first kappa shape index (κ1) is 13.5. The molecule has 1 aromatic heterocycles. The van der Waals surface area contributed by atoms with Gasteiger partial charge in [-0.2, -0.15) is 0 Å². The molecule has 0 aliphatic carbocycles. The molecular weight excluding hydrogens is 258 g/mol. The van der Waals surface area contributed by atoms with Crippen LogP contribution in [0, 0.1) is 0 Å². The van der Waals surface area contributed by atoms with Gasteiger partial charge < -0.3 is 10.2 Å². The van der Waals surface area contributed by atoms with Gasteiger partial charge in [0, 0.05) is 12.4 Å². The molecule has 20 heavy (non-hydrogen) atoms. The summed E-state index contributed by atoms with van der Waals surface area (Å²) in [5.74, 6) is -2.32. The van der Waals surface area contributed by atoms with Crippen LogP contribution in [0.2, 0.25) is 0 Å². The molecule has 1 aromatic carbocycles. The van der Waals surface area contributed by atoms with Gasteiger partial charge in [-0.05, 0) is 41.5 Å². The van der Waals surface area contributed by atoms with E-state index in [2.05, 4.69) is 4.98 Å². The number of carboxylic acids is 2. The highest BCUT2D eigenvalue weighted by Crippen LogP contribution is 2.14. The normalized spacial score (nSPS) is 10.6. The number of aromatic nitrogens is 1. The van der Waals surface area contributed by atoms with Gasteiger partial charge >= 0.3 is 11.9 Å². The van der Waals surface area contributed by atoms with Crippen LogP contribution in [-0.4, -0.2) is 27.1 Å². The summed E-state index contributed by atoms with van der Waals surface area (Å²) in [7, 11) is 0.